The lowest BCUT2D eigenvalue weighted by molar-refractivity contribution is 0.426. The molecule has 72 heavy (non-hydrogen) atoms. The van der Waals surface area contributed by atoms with Crippen LogP contribution >= 0.6 is 15.9 Å². The molecule has 0 saturated carbocycles. The van der Waals surface area contributed by atoms with Gasteiger partial charge in [-0.3, -0.25) is 0 Å². The maximum Gasteiger partial charge on any atom is 0.488 e. The Morgan fingerprint density at radius 1 is 0.264 bits per heavy atom. The van der Waals surface area contributed by atoms with Gasteiger partial charge in [0.15, 0.2) is 0 Å². The second kappa shape index (κ2) is 16.3. The Labute approximate surface area is 418 Å². The van der Waals surface area contributed by atoms with Crippen molar-refractivity contribution >= 4 is 160 Å². The number of halogens is 1. The van der Waals surface area contributed by atoms with Crippen molar-refractivity contribution in [2.45, 2.75) is 14.9 Å². The second-order valence-corrected chi connectivity index (χ2v) is 18.8. The van der Waals surface area contributed by atoms with Crippen LogP contribution in [0.25, 0.3) is 154 Å². The first-order valence-electron chi connectivity index (χ1n) is 22.8. The molecule has 16 aromatic rings. The lowest BCUT2D eigenvalue weighted by Crippen LogP contribution is -2.29. The topological polar surface area (TPSA) is 119 Å². The van der Waals surface area contributed by atoms with Crippen LogP contribution in [-0.4, -0.2) is 17.2 Å². The van der Waals surface area contributed by atoms with Crippen LogP contribution in [0, 0.1) is 0 Å². The first-order valence-corrected chi connectivity index (χ1v) is 23.6. The highest BCUT2D eigenvalue weighted by Crippen LogP contribution is 2.42. The predicted octanol–water partition coefficient (Wildman–Crippen LogP) is 17.8. The van der Waals surface area contributed by atoms with E-state index in [-0.39, 0.29) is 14.9 Å². The quantitative estimate of drug-likeness (QED) is 0.168. The van der Waals surface area contributed by atoms with Crippen LogP contribution in [0.1, 0.15) is 14.9 Å². The first-order chi connectivity index (χ1) is 34.3. The Bertz CT molecular complexity index is 4850. The SMILES string of the molecule is Brc1ccc2oc3cc4c(cc3c2c1)oc1ccc(-c2ccc3oc5ccccc5c3c2)cc14.C.C.OB(O)c1ccc2oc3cc4c(cc3c2c1)oc1ccc(-c2ccc3oc5ccccc5c3c2)cc14. The summed E-state index contributed by atoms with van der Waals surface area (Å²) in [5.41, 5.74) is 14.9. The molecule has 0 amide bonds. The van der Waals surface area contributed by atoms with E-state index in [4.69, 9.17) is 26.5 Å². The van der Waals surface area contributed by atoms with Crippen molar-refractivity contribution in [1.82, 2.24) is 0 Å². The molecular formula is C62H40BBrO8. The van der Waals surface area contributed by atoms with Gasteiger partial charge in [0, 0.05) is 69.1 Å². The Kier molecular flexibility index (Phi) is 9.82. The van der Waals surface area contributed by atoms with Gasteiger partial charge >= 0.3 is 7.12 Å². The largest absolute Gasteiger partial charge is 0.488 e. The molecule has 2 N–H and O–H groups in total. The van der Waals surface area contributed by atoms with Gasteiger partial charge in [-0.05, 0) is 137 Å². The van der Waals surface area contributed by atoms with Crippen LogP contribution < -0.4 is 5.46 Å². The minimum absolute atomic E-state index is 0. The van der Waals surface area contributed by atoms with E-state index < -0.39 is 7.12 Å². The van der Waals surface area contributed by atoms with Gasteiger partial charge in [-0.1, -0.05) is 104 Å². The van der Waals surface area contributed by atoms with Crippen LogP contribution in [0.2, 0.25) is 0 Å². The van der Waals surface area contributed by atoms with E-state index in [9.17, 15) is 10.0 Å². The monoisotopic (exact) mass is 1000 g/mol. The number of fused-ring (bicyclic) bond motifs is 18. The summed E-state index contributed by atoms with van der Waals surface area (Å²) in [6.07, 6.45) is 0. The van der Waals surface area contributed by atoms with Gasteiger partial charge in [-0.15, -0.1) is 0 Å². The van der Waals surface area contributed by atoms with Crippen molar-refractivity contribution in [3.8, 4) is 22.3 Å². The molecular weight excluding hydrogens is 963 g/mol. The summed E-state index contributed by atoms with van der Waals surface area (Å²) < 4.78 is 37.7. The fourth-order valence-corrected chi connectivity index (χ4v) is 10.8. The van der Waals surface area contributed by atoms with Crippen molar-refractivity contribution < 1.29 is 36.6 Å². The third kappa shape index (κ3) is 6.68. The summed E-state index contributed by atoms with van der Waals surface area (Å²) in [7, 11) is -1.54. The highest BCUT2D eigenvalue weighted by molar-refractivity contribution is 9.10. The van der Waals surface area contributed by atoms with Gasteiger partial charge < -0.3 is 36.6 Å². The average Bonchev–Trinajstić information content (AvgIpc) is 4.25. The lowest BCUT2D eigenvalue weighted by atomic mass is 9.80. The van der Waals surface area contributed by atoms with E-state index in [1.165, 1.54) is 0 Å². The zero-order chi connectivity index (χ0) is 46.4. The lowest BCUT2D eigenvalue weighted by Gasteiger charge is -2.02. The maximum atomic E-state index is 9.58. The average molecular weight is 1000 g/mol. The highest BCUT2D eigenvalue weighted by Gasteiger charge is 2.19. The molecule has 0 unspecified atom stereocenters. The summed E-state index contributed by atoms with van der Waals surface area (Å²) >= 11 is 3.57. The van der Waals surface area contributed by atoms with Crippen molar-refractivity contribution in [2.75, 3.05) is 0 Å². The number of hydrogen-bond acceptors (Lipinski definition) is 8. The zero-order valence-electron chi connectivity index (χ0n) is 36.6. The van der Waals surface area contributed by atoms with Crippen LogP contribution in [0.3, 0.4) is 0 Å². The van der Waals surface area contributed by atoms with Crippen molar-refractivity contribution in [3.05, 3.63) is 186 Å². The minimum atomic E-state index is -1.54. The normalized spacial score (nSPS) is 11.9. The fourth-order valence-electron chi connectivity index (χ4n) is 10.4. The number of benzene rings is 10. The Morgan fingerprint density at radius 2 is 0.542 bits per heavy atom. The molecule has 0 radical (unpaired) electrons. The Balaban J connectivity index is 0.000000136. The Morgan fingerprint density at radius 3 is 0.931 bits per heavy atom. The maximum absolute atomic E-state index is 9.58. The van der Waals surface area contributed by atoms with E-state index in [0.717, 1.165) is 153 Å². The minimum Gasteiger partial charge on any atom is -0.456 e. The van der Waals surface area contributed by atoms with Gasteiger partial charge in [0.1, 0.15) is 67.0 Å². The molecule has 10 heteroatoms. The van der Waals surface area contributed by atoms with Gasteiger partial charge in [0.05, 0.1) is 0 Å². The van der Waals surface area contributed by atoms with Crippen LogP contribution in [0.5, 0.6) is 0 Å². The van der Waals surface area contributed by atoms with E-state index in [2.05, 4.69) is 107 Å². The summed E-state index contributed by atoms with van der Waals surface area (Å²) in [5.74, 6) is 0. The molecule has 6 aromatic heterocycles. The van der Waals surface area contributed by atoms with Gasteiger partial charge in [-0.2, -0.15) is 0 Å². The van der Waals surface area contributed by atoms with Crippen LogP contribution in [0.4, 0.5) is 0 Å². The fraction of sp³-hybridized carbons (Fsp3) is 0.0323. The van der Waals surface area contributed by atoms with Gasteiger partial charge in [-0.25, -0.2) is 0 Å². The van der Waals surface area contributed by atoms with Crippen LogP contribution in [-0.2, 0) is 0 Å². The molecule has 0 saturated heterocycles. The third-order valence-electron chi connectivity index (χ3n) is 13.8. The predicted molar refractivity (Wildman–Crippen MR) is 298 cm³/mol. The molecule has 0 atom stereocenters. The summed E-state index contributed by atoms with van der Waals surface area (Å²) in [4.78, 5) is 0. The number of hydrogen-bond donors (Lipinski definition) is 2. The molecule has 0 bridgehead atoms. The second-order valence-electron chi connectivity index (χ2n) is 17.9. The first kappa shape index (κ1) is 43.5. The Hall–Kier alpha value is -8.54. The van der Waals surface area contributed by atoms with Crippen molar-refractivity contribution in [1.29, 1.82) is 0 Å². The van der Waals surface area contributed by atoms with E-state index >= 15 is 0 Å². The van der Waals surface area contributed by atoms with Crippen molar-refractivity contribution in [2.24, 2.45) is 0 Å². The molecule has 0 aliphatic rings. The number of furan rings is 6. The third-order valence-corrected chi connectivity index (χ3v) is 14.3. The molecule has 6 heterocycles. The van der Waals surface area contributed by atoms with Crippen LogP contribution in [0.15, 0.2) is 213 Å². The summed E-state index contributed by atoms with van der Waals surface area (Å²) in [6, 6.07) is 60.9. The summed E-state index contributed by atoms with van der Waals surface area (Å²) in [6.45, 7) is 0. The molecule has 10 aromatic carbocycles. The zero-order valence-corrected chi connectivity index (χ0v) is 38.2. The van der Waals surface area contributed by atoms with E-state index in [0.29, 0.717) is 11.0 Å². The molecule has 16 rings (SSSR count). The molecule has 0 spiro atoms. The van der Waals surface area contributed by atoms with Gasteiger partial charge in [0.2, 0.25) is 0 Å². The smallest absolute Gasteiger partial charge is 0.456 e. The van der Waals surface area contributed by atoms with E-state index in [1.54, 1.807) is 18.2 Å². The van der Waals surface area contributed by atoms with Crippen molar-refractivity contribution in [3.63, 3.8) is 0 Å². The standard InChI is InChI=1S/C30H17BO5.C30H15BrO3.2CH4/c32-31(33)18-7-10-28-22(13-18)24-15-29-23(14-30(24)36-28)21-12-17(6-9-27(21)35-29)16-5-8-26-20(11-16)19-3-1-2-4-25(19)34-26;31-18-7-10-28-22(13-18)24-15-29-23(14-30(24)34-28)21-12-17(6-9-27(21)33-29)16-5-8-26-20(11-16)19-3-1-2-4-25(19)32-26;;/h1-15,32-33H;1-15H;2*1H4. The number of para-hydroxylation sites is 2. The molecule has 346 valence electrons. The molecule has 0 aliphatic carbocycles. The molecule has 0 aliphatic heterocycles. The summed E-state index contributed by atoms with van der Waals surface area (Å²) in [5, 5.41) is 31.5. The van der Waals surface area contributed by atoms with E-state index in [1.807, 2.05) is 72.8 Å². The number of rotatable bonds is 3. The van der Waals surface area contributed by atoms with Gasteiger partial charge in [0.25, 0.3) is 0 Å². The molecule has 8 nitrogen and oxygen atoms in total. The highest BCUT2D eigenvalue weighted by atomic mass is 79.9. The molecule has 0 fully saturated rings.